The molecule has 0 fully saturated rings. The molecule has 27 heavy (non-hydrogen) atoms. The van der Waals surface area contributed by atoms with Gasteiger partial charge >= 0.3 is 6.03 Å². The van der Waals surface area contributed by atoms with E-state index in [0.29, 0.717) is 6.54 Å². The maximum atomic E-state index is 12.3. The molecule has 2 N–H and O–H groups in total. The molecule has 2 aromatic carbocycles. The third-order valence-electron chi connectivity index (χ3n) is 4.80. The van der Waals surface area contributed by atoms with Crippen LogP contribution in [0.15, 0.2) is 48.5 Å². The molecular formula is C22H32N4O. The van der Waals surface area contributed by atoms with Crippen LogP contribution in [-0.2, 0) is 0 Å². The fourth-order valence-corrected chi connectivity index (χ4v) is 3.16. The van der Waals surface area contributed by atoms with Crippen molar-refractivity contribution in [2.45, 2.75) is 25.8 Å². The first kappa shape index (κ1) is 20.6. The Morgan fingerprint density at radius 3 is 1.56 bits per heavy atom. The molecule has 0 aliphatic heterocycles. The molecule has 2 rings (SSSR count). The first-order valence-electron chi connectivity index (χ1n) is 9.45. The second-order valence-corrected chi connectivity index (χ2v) is 7.26. The number of nitrogens with two attached hydrogens (primary N) is 1. The normalized spacial score (nSPS) is 10.7. The molecule has 0 saturated heterocycles. The molecular weight excluding hydrogens is 336 g/mol. The van der Waals surface area contributed by atoms with Gasteiger partial charge in [0.25, 0.3) is 0 Å². The van der Waals surface area contributed by atoms with Gasteiger partial charge in [0.05, 0.1) is 6.04 Å². The van der Waals surface area contributed by atoms with Gasteiger partial charge in [0.1, 0.15) is 0 Å². The van der Waals surface area contributed by atoms with Gasteiger partial charge in [-0.15, -0.1) is 0 Å². The van der Waals surface area contributed by atoms with Gasteiger partial charge in [-0.25, -0.2) is 4.79 Å². The number of benzene rings is 2. The molecule has 0 aliphatic rings. The Morgan fingerprint density at radius 2 is 1.26 bits per heavy atom. The minimum atomic E-state index is -0.387. The van der Waals surface area contributed by atoms with Crippen LogP contribution in [0, 0.1) is 0 Å². The maximum Gasteiger partial charge on any atom is 0.315 e. The van der Waals surface area contributed by atoms with Crippen LogP contribution in [0.2, 0.25) is 0 Å². The van der Waals surface area contributed by atoms with E-state index in [1.165, 1.54) is 0 Å². The molecule has 0 radical (unpaired) electrons. The largest absolute Gasteiger partial charge is 0.378 e. The summed E-state index contributed by atoms with van der Waals surface area (Å²) in [4.78, 5) is 18.2. The minimum Gasteiger partial charge on any atom is -0.378 e. The highest BCUT2D eigenvalue weighted by atomic mass is 16.2. The molecule has 2 aromatic rings. The zero-order valence-corrected chi connectivity index (χ0v) is 17.1. The smallest absolute Gasteiger partial charge is 0.315 e. The summed E-state index contributed by atoms with van der Waals surface area (Å²) in [6.45, 7) is 2.76. The fraction of sp³-hybridized carbons (Fsp3) is 0.409. The summed E-state index contributed by atoms with van der Waals surface area (Å²) in [5, 5.41) is 0. The summed E-state index contributed by atoms with van der Waals surface area (Å²) in [5.41, 5.74) is 10.2. The number of hydrogen-bond acceptors (Lipinski definition) is 3. The third-order valence-corrected chi connectivity index (χ3v) is 4.80. The van der Waals surface area contributed by atoms with Crippen LogP contribution < -0.4 is 15.5 Å². The summed E-state index contributed by atoms with van der Waals surface area (Å²) < 4.78 is 0. The average Bonchev–Trinajstić information content (AvgIpc) is 2.65. The lowest BCUT2D eigenvalue weighted by Gasteiger charge is -2.32. The quantitative estimate of drug-likeness (QED) is 0.763. The molecule has 0 spiro atoms. The summed E-state index contributed by atoms with van der Waals surface area (Å²) >= 11 is 0. The molecule has 0 bridgehead atoms. The Bertz CT molecular complexity index is 671. The van der Waals surface area contributed by atoms with E-state index in [2.05, 4.69) is 65.3 Å². The average molecular weight is 369 g/mol. The highest BCUT2D eigenvalue weighted by Gasteiger charge is 2.25. The van der Waals surface area contributed by atoms with Crippen molar-refractivity contribution < 1.29 is 4.79 Å². The lowest BCUT2D eigenvalue weighted by atomic mass is 9.96. The molecule has 0 aliphatic carbocycles. The number of amides is 2. The summed E-state index contributed by atoms with van der Waals surface area (Å²) in [5.74, 6) is 0. The number of rotatable bonds is 8. The number of primary amides is 1. The Balaban J connectivity index is 2.47. The number of anilines is 2. The highest BCUT2D eigenvalue weighted by molar-refractivity contribution is 5.73. The number of hydrogen-bond donors (Lipinski definition) is 1. The van der Waals surface area contributed by atoms with Crippen LogP contribution in [-0.4, -0.2) is 45.7 Å². The van der Waals surface area contributed by atoms with E-state index in [0.717, 1.165) is 35.3 Å². The second kappa shape index (κ2) is 9.31. The lowest BCUT2D eigenvalue weighted by Crippen LogP contribution is -2.40. The van der Waals surface area contributed by atoms with Crippen LogP contribution in [0.25, 0.3) is 0 Å². The van der Waals surface area contributed by atoms with Crippen LogP contribution in [0.1, 0.15) is 36.9 Å². The Hall–Kier alpha value is -2.69. The Kier molecular flexibility index (Phi) is 7.11. The first-order valence-corrected chi connectivity index (χ1v) is 9.45. The second-order valence-electron chi connectivity index (χ2n) is 7.26. The molecule has 2 amide bonds. The van der Waals surface area contributed by atoms with E-state index in [1.807, 2.05) is 28.2 Å². The molecule has 0 atom stereocenters. The monoisotopic (exact) mass is 368 g/mol. The molecule has 0 unspecified atom stereocenters. The number of urea groups is 1. The van der Waals surface area contributed by atoms with Crippen molar-refractivity contribution in [1.82, 2.24) is 4.90 Å². The number of unbranched alkanes of at least 4 members (excludes halogenated alkanes) is 1. The summed E-state index contributed by atoms with van der Waals surface area (Å²) in [7, 11) is 8.07. The summed E-state index contributed by atoms with van der Waals surface area (Å²) in [6, 6.07) is 16.1. The number of carbonyl (C=O) groups excluding carboxylic acids is 1. The molecule has 5 nitrogen and oxygen atoms in total. The molecule has 0 heterocycles. The zero-order chi connectivity index (χ0) is 20.0. The molecule has 5 heteroatoms. The van der Waals surface area contributed by atoms with Crippen molar-refractivity contribution in [3.05, 3.63) is 59.7 Å². The van der Waals surface area contributed by atoms with E-state index in [-0.39, 0.29) is 12.1 Å². The molecule has 146 valence electrons. The SMILES string of the molecule is CCCCN(C(N)=O)C(c1ccc(N(C)C)cc1)c1ccc(N(C)C)cc1. The number of nitrogens with zero attached hydrogens (tertiary/aromatic N) is 3. The zero-order valence-electron chi connectivity index (χ0n) is 17.1. The van der Waals surface area contributed by atoms with Gasteiger partial charge in [-0.1, -0.05) is 37.6 Å². The van der Waals surface area contributed by atoms with Crippen LogP contribution in [0.4, 0.5) is 16.2 Å². The fourth-order valence-electron chi connectivity index (χ4n) is 3.16. The van der Waals surface area contributed by atoms with E-state index < -0.39 is 0 Å². The van der Waals surface area contributed by atoms with E-state index in [9.17, 15) is 4.79 Å². The van der Waals surface area contributed by atoms with Gasteiger partial charge < -0.3 is 20.4 Å². The van der Waals surface area contributed by atoms with Gasteiger partial charge in [-0.3, -0.25) is 0 Å². The van der Waals surface area contributed by atoms with Gasteiger partial charge in [0.2, 0.25) is 0 Å². The first-order chi connectivity index (χ1) is 12.8. The summed E-state index contributed by atoms with van der Waals surface area (Å²) in [6.07, 6.45) is 1.93. The predicted molar refractivity (Wildman–Crippen MR) is 115 cm³/mol. The highest BCUT2D eigenvalue weighted by Crippen LogP contribution is 2.31. The van der Waals surface area contributed by atoms with Gasteiger partial charge in [0.15, 0.2) is 0 Å². The van der Waals surface area contributed by atoms with Crippen LogP contribution >= 0.6 is 0 Å². The van der Waals surface area contributed by atoms with Crippen molar-refractivity contribution in [2.75, 3.05) is 44.5 Å². The van der Waals surface area contributed by atoms with E-state index in [4.69, 9.17) is 5.73 Å². The maximum absolute atomic E-state index is 12.3. The van der Waals surface area contributed by atoms with Crippen molar-refractivity contribution in [1.29, 1.82) is 0 Å². The molecule has 0 saturated carbocycles. The van der Waals surface area contributed by atoms with Crippen molar-refractivity contribution >= 4 is 17.4 Å². The van der Waals surface area contributed by atoms with Crippen molar-refractivity contribution in [3.8, 4) is 0 Å². The van der Waals surface area contributed by atoms with E-state index in [1.54, 1.807) is 4.90 Å². The lowest BCUT2D eigenvalue weighted by molar-refractivity contribution is 0.192. The van der Waals surface area contributed by atoms with Gasteiger partial charge in [-0.2, -0.15) is 0 Å². The number of carbonyl (C=O) groups is 1. The standard InChI is InChI=1S/C22H32N4O/c1-6-7-16-26(22(23)27)21(17-8-12-19(13-9-17)24(2)3)18-10-14-20(15-11-18)25(4)5/h8-15,21H,6-7,16H2,1-5H3,(H2,23,27). The van der Waals surface area contributed by atoms with Gasteiger partial charge in [-0.05, 0) is 41.8 Å². The third kappa shape index (κ3) is 5.16. The molecule has 0 aromatic heterocycles. The Morgan fingerprint density at radius 1 is 0.852 bits per heavy atom. The Labute approximate surface area is 163 Å². The van der Waals surface area contributed by atoms with Crippen molar-refractivity contribution in [3.63, 3.8) is 0 Å². The van der Waals surface area contributed by atoms with E-state index >= 15 is 0 Å². The van der Waals surface area contributed by atoms with Crippen molar-refractivity contribution in [2.24, 2.45) is 5.73 Å². The minimum absolute atomic E-state index is 0.193. The van der Waals surface area contributed by atoms with Crippen LogP contribution in [0.3, 0.4) is 0 Å². The van der Waals surface area contributed by atoms with Crippen LogP contribution in [0.5, 0.6) is 0 Å². The van der Waals surface area contributed by atoms with Gasteiger partial charge in [0, 0.05) is 46.1 Å². The topological polar surface area (TPSA) is 52.8 Å². The predicted octanol–water partition coefficient (Wildman–Crippen LogP) is 4.09.